The van der Waals surface area contributed by atoms with E-state index in [9.17, 15) is 0 Å². The van der Waals surface area contributed by atoms with Crippen LogP contribution in [-0.4, -0.2) is 14.1 Å². The Morgan fingerprint density at radius 1 is 0.562 bits per heavy atom. The van der Waals surface area contributed by atoms with Crippen LogP contribution in [0.15, 0.2) is 97.1 Å². The molecule has 152 valence electrons. The second kappa shape index (κ2) is 6.69. The van der Waals surface area contributed by atoms with Crippen molar-refractivity contribution in [1.82, 2.24) is 14.1 Å². The Hall–Kier alpha value is -4.11. The van der Waals surface area contributed by atoms with Gasteiger partial charge in [-0.15, -0.1) is 0 Å². The maximum Gasteiger partial charge on any atom is 0.140 e. The van der Waals surface area contributed by atoms with E-state index in [0.717, 1.165) is 24.5 Å². The van der Waals surface area contributed by atoms with Crippen molar-refractivity contribution in [2.24, 2.45) is 0 Å². The molecule has 6 aromatic rings. The van der Waals surface area contributed by atoms with Crippen molar-refractivity contribution in [3.8, 4) is 11.6 Å². The largest absolute Gasteiger partial charge is 0.298 e. The molecule has 0 aliphatic heterocycles. The van der Waals surface area contributed by atoms with E-state index < -0.39 is 0 Å². The summed E-state index contributed by atoms with van der Waals surface area (Å²) in [6, 6.07) is 32.2. The van der Waals surface area contributed by atoms with Crippen molar-refractivity contribution in [3.63, 3.8) is 0 Å². The highest BCUT2D eigenvalue weighted by Gasteiger charge is 2.19. The monoisotopic (exact) mass is 411 g/mol. The number of nitrogens with zero attached hydrogens (tertiary/aromatic N) is 3. The lowest BCUT2D eigenvalue weighted by atomic mass is 10.0. The SMILES string of the molecule is C1=Cc2c(n(-c3cccc(-n4c5ccccc5c5ccccc54)n3)c3ccccc23)CC1. The minimum Gasteiger partial charge on any atom is -0.298 e. The van der Waals surface area contributed by atoms with Crippen LogP contribution in [0.5, 0.6) is 0 Å². The van der Waals surface area contributed by atoms with Crippen LogP contribution in [0.25, 0.3) is 50.4 Å². The predicted octanol–water partition coefficient (Wildman–Crippen LogP) is 7.08. The van der Waals surface area contributed by atoms with E-state index >= 15 is 0 Å². The van der Waals surface area contributed by atoms with Gasteiger partial charge in [-0.25, -0.2) is 4.98 Å². The molecule has 0 bridgehead atoms. The van der Waals surface area contributed by atoms with E-state index in [1.807, 2.05) is 0 Å². The molecule has 32 heavy (non-hydrogen) atoms. The molecular weight excluding hydrogens is 390 g/mol. The van der Waals surface area contributed by atoms with Crippen LogP contribution >= 0.6 is 0 Å². The van der Waals surface area contributed by atoms with Gasteiger partial charge in [-0.1, -0.05) is 72.8 Å². The van der Waals surface area contributed by atoms with Crippen LogP contribution in [0.1, 0.15) is 17.7 Å². The Labute approximate surface area is 185 Å². The van der Waals surface area contributed by atoms with E-state index in [0.29, 0.717) is 0 Å². The summed E-state index contributed by atoms with van der Waals surface area (Å²) in [6.07, 6.45) is 6.65. The van der Waals surface area contributed by atoms with Gasteiger partial charge in [0.25, 0.3) is 0 Å². The molecule has 0 spiro atoms. The molecule has 0 N–H and O–H groups in total. The first-order valence-corrected chi connectivity index (χ1v) is 11.1. The summed E-state index contributed by atoms with van der Waals surface area (Å²) in [7, 11) is 0. The zero-order valence-electron chi connectivity index (χ0n) is 17.6. The zero-order chi connectivity index (χ0) is 21.1. The van der Waals surface area contributed by atoms with Crippen molar-refractivity contribution < 1.29 is 0 Å². The highest BCUT2D eigenvalue weighted by Crippen LogP contribution is 2.35. The Morgan fingerprint density at radius 2 is 1.12 bits per heavy atom. The molecule has 0 atom stereocenters. The lowest BCUT2D eigenvalue weighted by Gasteiger charge is -2.14. The van der Waals surface area contributed by atoms with Crippen LogP contribution in [0.2, 0.25) is 0 Å². The van der Waals surface area contributed by atoms with Gasteiger partial charge in [0.2, 0.25) is 0 Å². The van der Waals surface area contributed by atoms with Crippen molar-refractivity contribution >= 4 is 38.8 Å². The quantitative estimate of drug-likeness (QED) is 0.298. The molecule has 1 aliphatic carbocycles. The molecule has 0 saturated heterocycles. The smallest absolute Gasteiger partial charge is 0.140 e. The number of allylic oxidation sites excluding steroid dienone is 1. The predicted molar refractivity (Wildman–Crippen MR) is 133 cm³/mol. The van der Waals surface area contributed by atoms with Gasteiger partial charge in [-0.05, 0) is 43.2 Å². The molecule has 3 aromatic heterocycles. The van der Waals surface area contributed by atoms with Crippen LogP contribution in [0.4, 0.5) is 0 Å². The molecule has 3 heterocycles. The Bertz CT molecular complexity index is 1630. The third-order valence-corrected chi connectivity index (χ3v) is 6.61. The van der Waals surface area contributed by atoms with Crippen LogP contribution in [-0.2, 0) is 6.42 Å². The number of hydrogen-bond donors (Lipinski definition) is 0. The number of benzene rings is 3. The van der Waals surface area contributed by atoms with Gasteiger partial charge >= 0.3 is 0 Å². The molecule has 1 aliphatic rings. The summed E-state index contributed by atoms with van der Waals surface area (Å²) in [5.41, 5.74) is 6.26. The van der Waals surface area contributed by atoms with Gasteiger partial charge in [0.15, 0.2) is 0 Å². The summed E-state index contributed by atoms with van der Waals surface area (Å²) in [6.45, 7) is 0. The lowest BCUT2D eigenvalue weighted by molar-refractivity contribution is 0.866. The zero-order valence-corrected chi connectivity index (χ0v) is 17.6. The molecule has 0 amide bonds. The fraction of sp³-hybridized carbons (Fsp3) is 0.0690. The molecular formula is C29H21N3. The third-order valence-electron chi connectivity index (χ3n) is 6.61. The number of aromatic nitrogens is 3. The minimum atomic E-state index is 0.942. The van der Waals surface area contributed by atoms with Crippen LogP contribution in [0, 0.1) is 0 Å². The second-order valence-corrected chi connectivity index (χ2v) is 8.38. The van der Waals surface area contributed by atoms with Gasteiger partial charge in [-0.2, -0.15) is 0 Å². The molecule has 0 unspecified atom stereocenters. The highest BCUT2D eigenvalue weighted by atomic mass is 15.1. The van der Waals surface area contributed by atoms with E-state index in [-0.39, 0.29) is 0 Å². The lowest BCUT2D eigenvalue weighted by Crippen LogP contribution is -2.07. The molecule has 7 rings (SSSR count). The molecule has 0 saturated carbocycles. The first-order valence-electron chi connectivity index (χ1n) is 11.1. The maximum atomic E-state index is 5.22. The van der Waals surface area contributed by atoms with Crippen molar-refractivity contribution in [3.05, 3.63) is 108 Å². The first-order chi connectivity index (χ1) is 15.9. The summed E-state index contributed by atoms with van der Waals surface area (Å²) in [4.78, 5) is 5.22. The van der Waals surface area contributed by atoms with Gasteiger partial charge in [0.1, 0.15) is 11.6 Å². The van der Waals surface area contributed by atoms with Gasteiger partial charge in [0, 0.05) is 27.4 Å². The minimum absolute atomic E-state index is 0.942. The fourth-order valence-electron chi connectivity index (χ4n) is 5.26. The van der Waals surface area contributed by atoms with Crippen LogP contribution < -0.4 is 0 Å². The number of fused-ring (bicyclic) bond motifs is 6. The second-order valence-electron chi connectivity index (χ2n) is 8.38. The van der Waals surface area contributed by atoms with E-state index in [1.165, 1.54) is 44.0 Å². The topological polar surface area (TPSA) is 22.8 Å². The third kappa shape index (κ3) is 2.39. The fourth-order valence-corrected chi connectivity index (χ4v) is 5.26. The molecule has 0 fully saturated rings. The maximum absolute atomic E-state index is 5.22. The standard InChI is InChI=1S/C29H21N3/c1-5-14-24-20(10-1)21-11-2-6-15-25(21)31(24)28-18-9-19-29(30-28)32-26-16-7-3-12-22(26)23-13-4-8-17-27(23)32/h1-7,9-16,18-19H,8,17H2. The Balaban J connectivity index is 1.53. The highest BCUT2D eigenvalue weighted by molar-refractivity contribution is 6.09. The number of pyridine rings is 1. The van der Waals surface area contributed by atoms with Crippen molar-refractivity contribution in [2.75, 3.05) is 0 Å². The van der Waals surface area contributed by atoms with Gasteiger partial charge in [-0.3, -0.25) is 9.13 Å². The van der Waals surface area contributed by atoms with E-state index in [2.05, 4.69) is 112 Å². The average Bonchev–Trinajstić information content (AvgIpc) is 3.37. The number of para-hydroxylation sites is 3. The van der Waals surface area contributed by atoms with E-state index in [4.69, 9.17) is 4.98 Å². The summed E-state index contributed by atoms with van der Waals surface area (Å²) in [5.74, 6) is 1.91. The summed E-state index contributed by atoms with van der Waals surface area (Å²) >= 11 is 0. The number of hydrogen-bond acceptors (Lipinski definition) is 1. The van der Waals surface area contributed by atoms with Crippen molar-refractivity contribution in [2.45, 2.75) is 12.8 Å². The Morgan fingerprint density at radius 3 is 1.81 bits per heavy atom. The van der Waals surface area contributed by atoms with Gasteiger partial charge in [0.05, 0.1) is 16.6 Å². The average molecular weight is 412 g/mol. The van der Waals surface area contributed by atoms with Crippen molar-refractivity contribution in [1.29, 1.82) is 0 Å². The normalized spacial score (nSPS) is 13.2. The Kier molecular flexibility index (Phi) is 3.67. The van der Waals surface area contributed by atoms with Gasteiger partial charge < -0.3 is 0 Å². The molecule has 3 aromatic carbocycles. The van der Waals surface area contributed by atoms with E-state index in [1.54, 1.807) is 0 Å². The number of rotatable bonds is 2. The first kappa shape index (κ1) is 17.6. The molecule has 0 radical (unpaired) electrons. The van der Waals surface area contributed by atoms with Crippen LogP contribution in [0.3, 0.4) is 0 Å². The summed E-state index contributed by atoms with van der Waals surface area (Å²) in [5, 5.41) is 3.80. The summed E-state index contributed by atoms with van der Waals surface area (Å²) < 4.78 is 4.64. The molecule has 3 heteroatoms. The molecule has 3 nitrogen and oxygen atoms in total.